The van der Waals surface area contributed by atoms with Crippen LogP contribution in [0.2, 0.25) is 0 Å². The number of halogens is 2. The van der Waals surface area contributed by atoms with Gasteiger partial charge in [0.15, 0.2) is 0 Å². The molecule has 0 spiro atoms. The van der Waals surface area contributed by atoms with Gasteiger partial charge in [0.05, 0.1) is 0 Å². The van der Waals surface area contributed by atoms with Gasteiger partial charge < -0.3 is 0 Å². The Kier molecular flexibility index (Phi) is 7.21. The van der Waals surface area contributed by atoms with Crippen LogP contribution in [0, 0.1) is 11.7 Å². The number of benzene rings is 1. The van der Waals surface area contributed by atoms with Gasteiger partial charge in [0.2, 0.25) is 0 Å². The molecule has 0 radical (unpaired) electrons. The fraction of sp³-hybridized carbons (Fsp3) is 0.571. The largest absolute Gasteiger partial charge is 0.206 e. The number of unbranched alkanes of at least 4 members (excludes halogenated alkanes) is 1. The van der Waals surface area contributed by atoms with Gasteiger partial charge in [-0.05, 0) is 30.5 Å². The minimum Gasteiger partial charge on any atom is -0.206 e. The zero-order chi connectivity index (χ0) is 12.7. The molecule has 0 saturated carbocycles. The smallest absolute Gasteiger partial charge is 0.137 e. The minimum atomic E-state index is -0.116. The highest BCUT2D eigenvalue weighted by atomic mass is 79.9. The molecule has 0 aliphatic rings. The van der Waals surface area contributed by atoms with Gasteiger partial charge in [-0.2, -0.15) is 0 Å². The van der Waals surface area contributed by atoms with Gasteiger partial charge in [0.1, 0.15) is 5.82 Å². The highest BCUT2D eigenvalue weighted by Crippen LogP contribution is 2.28. The summed E-state index contributed by atoms with van der Waals surface area (Å²) < 4.78 is 14.4. The van der Waals surface area contributed by atoms with Gasteiger partial charge in [-0.15, -0.1) is 11.8 Å². The van der Waals surface area contributed by atoms with Crippen molar-refractivity contribution in [1.82, 2.24) is 0 Å². The van der Waals surface area contributed by atoms with Crippen LogP contribution in [0.25, 0.3) is 0 Å². The molecule has 0 aromatic heterocycles. The predicted octanol–water partition coefficient (Wildman–Crippen LogP) is 5.90. The molecule has 0 saturated heterocycles. The second-order valence-electron chi connectivity index (χ2n) is 4.30. The van der Waals surface area contributed by atoms with Crippen LogP contribution in [0.1, 0.15) is 39.5 Å². The summed E-state index contributed by atoms with van der Waals surface area (Å²) >= 11 is 4.92. The molecule has 1 atom stereocenters. The van der Waals surface area contributed by atoms with E-state index >= 15 is 0 Å². The van der Waals surface area contributed by atoms with E-state index in [1.54, 1.807) is 11.8 Å². The SMILES string of the molecule is CCCCC(CC)CSc1ccc(Br)cc1F. The Morgan fingerprint density at radius 3 is 2.71 bits per heavy atom. The molecule has 1 unspecified atom stereocenters. The van der Waals surface area contributed by atoms with E-state index in [9.17, 15) is 4.39 Å². The molecule has 1 rings (SSSR count). The van der Waals surface area contributed by atoms with E-state index in [-0.39, 0.29) is 5.82 Å². The van der Waals surface area contributed by atoms with E-state index in [1.165, 1.54) is 31.7 Å². The van der Waals surface area contributed by atoms with E-state index in [4.69, 9.17) is 0 Å². The lowest BCUT2D eigenvalue weighted by atomic mass is 10.0. The second kappa shape index (κ2) is 8.15. The van der Waals surface area contributed by atoms with Crippen LogP contribution in [-0.2, 0) is 0 Å². The fourth-order valence-corrected chi connectivity index (χ4v) is 3.21. The third-order valence-electron chi connectivity index (χ3n) is 2.91. The van der Waals surface area contributed by atoms with Gasteiger partial charge in [-0.3, -0.25) is 0 Å². The van der Waals surface area contributed by atoms with Gasteiger partial charge in [-0.25, -0.2) is 4.39 Å². The van der Waals surface area contributed by atoms with Crippen LogP contribution in [-0.4, -0.2) is 5.75 Å². The molecule has 17 heavy (non-hydrogen) atoms. The van der Waals surface area contributed by atoms with Crippen molar-refractivity contribution in [3.63, 3.8) is 0 Å². The number of thioether (sulfide) groups is 1. The number of rotatable bonds is 7. The molecule has 0 nitrogen and oxygen atoms in total. The molecule has 0 bridgehead atoms. The Morgan fingerprint density at radius 2 is 2.12 bits per heavy atom. The maximum Gasteiger partial charge on any atom is 0.137 e. The van der Waals surface area contributed by atoms with E-state index in [0.717, 1.165) is 15.1 Å². The molecule has 0 heterocycles. The Morgan fingerprint density at radius 1 is 1.35 bits per heavy atom. The minimum absolute atomic E-state index is 0.116. The average Bonchev–Trinajstić information content (AvgIpc) is 2.31. The molecule has 0 N–H and O–H groups in total. The molecule has 96 valence electrons. The average molecular weight is 319 g/mol. The Hall–Kier alpha value is -0.0200. The molecule has 3 heteroatoms. The molecular weight excluding hydrogens is 299 g/mol. The summed E-state index contributed by atoms with van der Waals surface area (Å²) in [7, 11) is 0. The first-order valence-corrected chi connectivity index (χ1v) is 8.03. The van der Waals surface area contributed by atoms with Crippen molar-refractivity contribution >= 4 is 27.7 Å². The van der Waals surface area contributed by atoms with E-state index in [2.05, 4.69) is 29.8 Å². The Balaban J connectivity index is 2.47. The number of hydrogen-bond donors (Lipinski definition) is 0. The van der Waals surface area contributed by atoms with Gasteiger partial charge >= 0.3 is 0 Å². The molecule has 0 amide bonds. The lowest BCUT2D eigenvalue weighted by molar-refractivity contribution is 0.499. The lowest BCUT2D eigenvalue weighted by Crippen LogP contribution is -2.02. The molecule has 0 aliphatic carbocycles. The monoisotopic (exact) mass is 318 g/mol. The fourth-order valence-electron chi connectivity index (χ4n) is 1.70. The summed E-state index contributed by atoms with van der Waals surface area (Å²) in [4.78, 5) is 0.767. The van der Waals surface area contributed by atoms with Crippen molar-refractivity contribution in [2.45, 2.75) is 44.4 Å². The third-order valence-corrected chi connectivity index (χ3v) is 4.69. The molecular formula is C14H20BrFS. The van der Waals surface area contributed by atoms with Crippen LogP contribution in [0.4, 0.5) is 4.39 Å². The highest BCUT2D eigenvalue weighted by molar-refractivity contribution is 9.10. The predicted molar refractivity (Wildman–Crippen MR) is 78.1 cm³/mol. The van der Waals surface area contributed by atoms with E-state index in [0.29, 0.717) is 5.92 Å². The van der Waals surface area contributed by atoms with E-state index in [1.807, 2.05) is 12.1 Å². The highest BCUT2D eigenvalue weighted by Gasteiger charge is 2.09. The zero-order valence-electron chi connectivity index (χ0n) is 10.5. The van der Waals surface area contributed by atoms with Crippen molar-refractivity contribution in [3.8, 4) is 0 Å². The first-order valence-electron chi connectivity index (χ1n) is 6.25. The van der Waals surface area contributed by atoms with Gasteiger partial charge in [-0.1, -0.05) is 49.0 Å². The number of hydrogen-bond acceptors (Lipinski definition) is 1. The summed E-state index contributed by atoms with van der Waals surface area (Å²) in [6.07, 6.45) is 4.97. The first kappa shape index (κ1) is 15.0. The van der Waals surface area contributed by atoms with E-state index < -0.39 is 0 Å². The molecule has 0 fully saturated rings. The Labute approximate surface area is 117 Å². The van der Waals surface area contributed by atoms with Gasteiger partial charge in [0.25, 0.3) is 0 Å². The molecule has 0 aliphatic heterocycles. The molecule has 1 aromatic carbocycles. The van der Waals surface area contributed by atoms with Crippen molar-refractivity contribution in [2.75, 3.05) is 5.75 Å². The summed E-state index contributed by atoms with van der Waals surface area (Å²) in [5.41, 5.74) is 0. The maximum atomic E-state index is 13.6. The normalized spacial score (nSPS) is 12.7. The van der Waals surface area contributed by atoms with Crippen LogP contribution < -0.4 is 0 Å². The third kappa shape index (κ3) is 5.43. The first-order chi connectivity index (χ1) is 8.17. The Bertz CT molecular complexity index is 341. The second-order valence-corrected chi connectivity index (χ2v) is 6.28. The topological polar surface area (TPSA) is 0 Å². The van der Waals surface area contributed by atoms with Gasteiger partial charge in [0, 0.05) is 15.1 Å². The maximum absolute atomic E-state index is 13.6. The van der Waals surface area contributed by atoms with Crippen molar-refractivity contribution in [3.05, 3.63) is 28.5 Å². The molecule has 1 aromatic rings. The van der Waals surface area contributed by atoms with Crippen LogP contribution in [0.15, 0.2) is 27.6 Å². The zero-order valence-corrected chi connectivity index (χ0v) is 12.9. The van der Waals surface area contributed by atoms with Crippen molar-refractivity contribution < 1.29 is 4.39 Å². The summed E-state index contributed by atoms with van der Waals surface area (Å²) in [6.45, 7) is 4.44. The lowest BCUT2D eigenvalue weighted by Gasteiger charge is -2.14. The summed E-state index contributed by atoms with van der Waals surface area (Å²) in [6, 6.07) is 5.30. The van der Waals surface area contributed by atoms with Crippen molar-refractivity contribution in [1.29, 1.82) is 0 Å². The van der Waals surface area contributed by atoms with Crippen LogP contribution in [0.5, 0.6) is 0 Å². The van der Waals surface area contributed by atoms with Crippen LogP contribution >= 0.6 is 27.7 Å². The standard InChI is InChI=1S/C14H20BrFS/c1-3-5-6-11(4-2)10-17-14-8-7-12(15)9-13(14)16/h7-9,11H,3-6,10H2,1-2H3. The van der Waals surface area contributed by atoms with Crippen LogP contribution in [0.3, 0.4) is 0 Å². The summed E-state index contributed by atoms with van der Waals surface area (Å²) in [5.74, 6) is 1.62. The summed E-state index contributed by atoms with van der Waals surface area (Å²) in [5, 5.41) is 0. The van der Waals surface area contributed by atoms with Crippen molar-refractivity contribution in [2.24, 2.45) is 5.92 Å². The quantitative estimate of drug-likeness (QED) is 0.564.